The molecule has 0 aliphatic rings. The van der Waals surface area contributed by atoms with Crippen molar-refractivity contribution >= 4 is 45.3 Å². The van der Waals surface area contributed by atoms with E-state index in [1.165, 1.54) is 23.9 Å². The van der Waals surface area contributed by atoms with Crippen molar-refractivity contribution in [2.24, 2.45) is 0 Å². The van der Waals surface area contributed by atoms with Crippen molar-refractivity contribution < 1.29 is 14.7 Å². The SMILES string of the molecule is CCC(=O)Nc1cc(C(=O)O)ccc1Sc1ccc(Br)cc1. The second-order valence-electron chi connectivity index (χ2n) is 4.47. The minimum atomic E-state index is -1.02. The lowest BCUT2D eigenvalue weighted by Crippen LogP contribution is -2.11. The first kappa shape index (κ1) is 16.6. The van der Waals surface area contributed by atoms with Crippen LogP contribution in [0.15, 0.2) is 56.7 Å². The molecule has 2 aromatic rings. The normalized spacial score (nSPS) is 10.3. The van der Waals surface area contributed by atoms with Gasteiger partial charge in [-0.05, 0) is 42.5 Å². The van der Waals surface area contributed by atoms with Crippen LogP contribution in [-0.4, -0.2) is 17.0 Å². The summed E-state index contributed by atoms with van der Waals surface area (Å²) < 4.78 is 0.984. The Morgan fingerprint density at radius 1 is 1.18 bits per heavy atom. The van der Waals surface area contributed by atoms with E-state index in [1.807, 2.05) is 24.3 Å². The highest BCUT2D eigenvalue weighted by Crippen LogP contribution is 2.34. The Balaban J connectivity index is 2.33. The van der Waals surface area contributed by atoms with Gasteiger partial charge in [-0.25, -0.2) is 4.79 Å². The highest BCUT2D eigenvalue weighted by atomic mass is 79.9. The Morgan fingerprint density at radius 3 is 2.45 bits per heavy atom. The smallest absolute Gasteiger partial charge is 0.335 e. The van der Waals surface area contributed by atoms with Crippen molar-refractivity contribution in [1.82, 2.24) is 0 Å². The van der Waals surface area contributed by atoms with Crippen molar-refractivity contribution in [3.8, 4) is 0 Å². The van der Waals surface area contributed by atoms with Gasteiger partial charge in [-0.3, -0.25) is 4.79 Å². The number of anilines is 1. The van der Waals surface area contributed by atoms with Gasteiger partial charge < -0.3 is 10.4 Å². The first-order valence-electron chi connectivity index (χ1n) is 6.60. The first-order chi connectivity index (χ1) is 10.5. The number of carbonyl (C=O) groups excluding carboxylic acids is 1. The molecule has 114 valence electrons. The number of nitrogens with one attached hydrogen (secondary N) is 1. The lowest BCUT2D eigenvalue weighted by atomic mass is 10.2. The first-order valence-corrected chi connectivity index (χ1v) is 8.21. The zero-order valence-corrected chi connectivity index (χ0v) is 14.2. The molecule has 0 saturated carbocycles. The molecule has 2 aromatic carbocycles. The molecule has 0 spiro atoms. The Kier molecular flexibility index (Phi) is 5.63. The number of hydrogen-bond acceptors (Lipinski definition) is 3. The third-order valence-electron chi connectivity index (χ3n) is 2.86. The van der Waals surface area contributed by atoms with Crippen LogP contribution in [0.5, 0.6) is 0 Å². The van der Waals surface area contributed by atoms with Gasteiger partial charge in [0.05, 0.1) is 11.3 Å². The number of halogens is 1. The van der Waals surface area contributed by atoms with Crippen molar-refractivity contribution in [2.45, 2.75) is 23.1 Å². The molecule has 6 heteroatoms. The van der Waals surface area contributed by atoms with Crippen LogP contribution in [0.4, 0.5) is 5.69 Å². The van der Waals surface area contributed by atoms with Gasteiger partial charge in [-0.2, -0.15) is 0 Å². The molecule has 0 aliphatic carbocycles. The molecule has 2 N–H and O–H groups in total. The molecule has 22 heavy (non-hydrogen) atoms. The number of rotatable bonds is 5. The second-order valence-corrected chi connectivity index (χ2v) is 6.50. The van der Waals surface area contributed by atoms with Crippen LogP contribution in [0.25, 0.3) is 0 Å². The average Bonchev–Trinajstić information content (AvgIpc) is 2.50. The maximum atomic E-state index is 11.6. The summed E-state index contributed by atoms with van der Waals surface area (Å²) in [4.78, 5) is 24.5. The van der Waals surface area contributed by atoms with E-state index in [-0.39, 0.29) is 11.5 Å². The van der Waals surface area contributed by atoms with Gasteiger partial charge in [0.15, 0.2) is 0 Å². The quantitative estimate of drug-likeness (QED) is 0.793. The van der Waals surface area contributed by atoms with Crippen molar-refractivity contribution in [3.05, 3.63) is 52.5 Å². The summed E-state index contributed by atoms with van der Waals surface area (Å²) in [7, 11) is 0. The lowest BCUT2D eigenvalue weighted by Gasteiger charge is -2.11. The zero-order chi connectivity index (χ0) is 16.1. The predicted molar refractivity (Wildman–Crippen MR) is 90.6 cm³/mol. The van der Waals surface area contributed by atoms with Crippen molar-refractivity contribution in [3.63, 3.8) is 0 Å². The second kappa shape index (κ2) is 7.47. The number of amides is 1. The van der Waals surface area contributed by atoms with Crippen LogP contribution < -0.4 is 5.32 Å². The van der Waals surface area contributed by atoms with E-state index in [0.717, 1.165) is 14.3 Å². The molecule has 4 nitrogen and oxygen atoms in total. The summed E-state index contributed by atoms with van der Waals surface area (Å²) in [5.74, 6) is -1.17. The maximum Gasteiger partial charge on any atom is 0.335 e. The van der Waals surface area contributed by atoms with Crippen LogP contribution in [0, 0.1) is 0 Å². The van der Waals surface area contributed by atoms with Gasteiger partial charge in [0, 0.05) is 20.7 Å². The fourth-order valence-electron chi connectivity index (χ4n) is 1.72. The van der Waals surface area contributed by atoms with E-state index in [1.54, 1.807) is 13.0 Å². The standard InChI is InChI=1S/C16H14BrNO3S/c1-2-15(19)18-13-9-10(16(20)21)3-8-14(13)22-12-6-4-11(17)5-7-12/h3-9H,2H2,1H3,(H,18,19)(H,20,21). The number of aromatic carboxylic acids is 1. The summed E-state index contributed by atoms with van der Waals surface area (Å²) in [6.45, 7) is 1.75. The van der Waals surface area contributed by atoms with Gasteiger partial charge in [-0.1, -0.05) is 34.6 Å². The lowest BCUT2D eigenvalue weighted by molar-refractivity contribution is -0.115. The van der Waals surface area contributed by atoms with E-state index >= 15 is 0 Å². The number of benzene rings is 2. The Bertz CT molecular complexity index is 701. The minimum absolute atomic E-state index is 0.145. The summed E-state index contributed by atoms with van der Waals surface area (Å²) >= 11 is 4.85. The molecule has 0 heterocycles. The molecular formula is C16H14BrNO3S. The Hall–Kier alpha value is -1.79. The van der Waals surface area contributed by atoms with Crippen LogP contribution >= 0.6 is 27.7 Å². The molecule has 2 rings (SSSR count). The molecule has 0 radical (unpaired) electrons. The third kappa shape index (κ3) is 4.35. The Labute approximate surface area is 141 Å². The van der Waals surface area contributed by atoms with Crippen LogP contribution in [-0.2, 0) is 4.79 Å². The topological polar surface area (TPSA) is 66.4 Å². The summed E-state index contributed by atoms with van der Waals surface area (Å²) in [6.07, 6.45) is 0.333. The maximum absolute atomic E-state index is 11.6. The summed E-state index contributed by atoms with van der Waals surface area (Å²) in [5, 5.41) is 11.8. The van der Waals surface area contributed by atoms with Crippen molar-refractivity contribution in [1.29, 1.82) is 0 Å². The minimum Gasteiger partial charge on any atom is -0.478 e. The van der Waals surface area contributed by atoms with Crippen LogP contribution in [0.3, 0.4) is 0 Å². The van der Waals surface area contributed by atoms with Crippen LogP contribution in [0.2, 0.25) is 0 Å². The highest BCUT2D eigenvalue weighted by Gasteiger charge is 2.11. The van der Waals surface area contributed by atoms with Crippen LogP contribution in [0.1, 0.15) is 23.7 Å². The van der Waals surface area contributed by atoms with Gasteiger partial charge in [0.1, 0.15) is 0 Å². The fourth-order valence-corrected chi connectivity index (χ4v) is 2.86. The molecule has 0 aromatic heterocycles. The average molecular weight is 380 g/mol. The Morgan fingerprint density at radius 2 is 1.86 bits per heavy atom. The molecule has 0 bridgehead atoms. The van der Waals surface area contributed by atoms with Gasteiger partial charge in [-0.15, -0.1) is 0 Å². The summed E-state index contributed by atoms with van der Waals surface area (Å²) in [6, 6.07) is 12.5. The van der Waals surface area contributed by atoms with Crippen molar-refractivity contribution in [2.75, 3.05) is 5.32 Å². The number of hydrogen-bond donors (Lipinski definition) is 2. The van der Waals surface area contributed by atoms with Gasteiger partial charge in [0.25, 0.3) is 0 Å². The van der Waals surface area contributed by atoms with E-state index in [2.05, 4.69) is 21.2 Å². The molecule has 0 fully saturated rings. The molecule has 1 amide bonds. The molecule has 0 atom stereocenters. The largest absolute Gasteiger partial charge is 0.478 e. The molecule has 0 saturated heterocycles. The number of carboxylic acid groups (broad SMARTS) is 1. The third-order valence-corrected chi connectivity index (χ3v) is 4.48. The molecular weight excluding hydrogens is 366 g/mol. The zero-order valence-electron chi connectivity index (χ0n) is 11.8. The highest BCUT2D eigenvalue weighted by molar-refractivity contribution is 9.10. The van der Waals surface area contributed by atoms with E-state index < -0.39 is 5.97 Å². The van der Waals surface area contributed by atoms with E-state index in [9.17, 15) is 9.59 Å². The number of carbonyl (C=O) groups is 2. The molecule has 0 unspecified atom stereocenters. The predicted octanol–water partition coefficient (Wildman–Crippen LogP) is 4.65. The molecule has 0 aliphatic heterocycles. The van der Waals surface area contributed by atoms with Gasteiger partial charge in [0.2, 0.25) is 5.91 Å². The van der Waals surface area contributed by atoms with E-state index in [0.29, 0.717) is 12.1 Å². The summed E-state index contributed by atoms with van der Waals surface area (Å²) in [5.41, 5.74) is 0.659. The number of carboxylic acids is 1. The van der Waals surface area contributed by atoms with Gasteiger partial charge >= 0.3 is 5.97 Å². The fraction of sp³-hybridized carbons (Fsp3) is 0.125. The van der Waals surface area contributed by atoms with E-state index in [4.69, 9.17) is 5.11 Å². The monoisotopic (exact) mass is 379 g/mol.